The summed E-state index contributed by atoms with van der Waals surface area (Å²) in [5.74, 6) is -1.43. The molecule has 0 aliphatic carbocycles. The number of hydrogen-bond acceptors (Lipinski definition) is 10. The van der Waals surface area contributed by atoms with Gasteiger partial charge in [-0.15, -0.1) is 22.7 Å². The van der Waals surface area contributed by atoms with Crippen LogP contribution in [-0.2, 0) is 52.0 Å². The molecule has 2 atom stereocenters. The van der Waals surface area contributed by atoms with Crippen LogP contribution in [0.2, 0.25) is 0 Å². The number of ether oxygens (including phenoxy) is 2. The lowest BCUT2D eigenvalue weighted by atomic mass is 9.78. The quantitative estimate of drug-likeness (QED) is 0.112. The van der Waals surface area contributed by atoms with Crippen LogP contribution in [0.3, 0.4) is 0 Å². The molecule has 2 N–H and O–H groups in total. The Morgan fingerprint density at radius 1 is 0.578 bits per heavy atom. The van der Waals surface area contributed by atoms with E-state index in [2.05, 4.69) is 68.1 Å². The Balaban J connectivity index is 0.000000290. The molecule has 348 valence electrons. The highest BCUT2D eigenvalue weighted by Gasteiger charge is 2.51. The molecule has 1 aliphatic rings. The second-order valence-corrected chi connectivity index (χ2v) is 24.4. The minimum Gasteiger partial charge on any atom is -0.458 e. The molecule has 14 heteroatoms. The number of amides is 2. The van der Waals surface area contributed by atoms with Gasteiger partial charge in [0.05, 0.1) is 21.0 Å². The van der Waals surface area contributed by atoms with E-state index < -0.39 is 53.5 Å². The summed E-state index contributed by atoms with van der Waals surface area (Å²) in [7, 11) is -0.457. The summed E-state index contributed by atoms with van der Waals surface area (Å²) in [6, 6.07) is 21.4. The zero-order valence-electron chi connectivity index (χ0n) is 40.5. The standard InChI is InChI=1S/C28H40BNO5S.C22H28BrNO3S/c1-25(2,3)22-16-15-21(36-22)23(31)30-20(24(32)33-26(4,5)6)17-18-11-13-19(14-12-18)29-34-27(7,8)28(9,10)35-29;1-21(2,3)18-12-11-17(28-18)19(25)24-16(20(26)27-22(4,5)6)13-14-7-9-15(23)10-8-14/h11-16,20H,17H2,1-10H3,(H,30,31);7-12,16H,13H2,1-6H3,(H,24,25)/t20-;16-/m00/s1. The molecular weight excluding hydrogens is 911 g/mol. The van der Waals surface area contributed by atoms with Crippen LogP contribution in [0.4, 0.5) is 0 Å². The van der Waals surface area contributed by atoms with Crippen LogP contribution < -0.4 is 16.1 Å². The lowest BCUT2D eigenvalue weighted by molar-refractivity contribution is -0.158. The first-order valence-corrected chi connectivity index (χ1v) is 24.1. The molecule has 64 heavy (non-hydrogen) atoms. The summed E-state index contributed by atoms with van der Waals surface area (Å²) in [5.41, 5.74) is 0.550. The summed E-state index contributed by atoms with van der Waals surface area (Å²) >= 11 is 6.31. The highest BCUT2D eigenvalue weighted by Crippen LogP contribution is 2.37. The zero-order chi connectivity index (χ0) is 48.2. The fourth-order valence-electron chi connectivity index (χ4n) is 6.20. The normalized spacial score (nSPS) is 15.9. The molecule has 10 nitrogen and oxygen atoms in total. The maximum atomic E-state index is 13.1. The molecule has 3 heterocycles. The van der Waals surface area contributed by atoms with E-state index in [0.717, 1.165) is 30.8 Å². The Labute approximate surface area is 398 Å². The van der Waals surface area contributed by atoms with E-state index in [4.69, 9.17) is 18.8 Å². The van der Waals surface area contributed by atoms with Gasteiger partial charge in [0.1, 0.15) is 23.3 Å². The van der Waals surface area contributed by atoms with E-state index in [9.17, 15) is 19.2 Å². The van der Waals surface area contributed by atoms with E-state index in [1.54, 1.807) is 0 Å². The highest BCUT2D eigenvalue weighted by atomic mass is 79.9. The van der Waals surface area contributed by atoms with Crippen molar-refractivity contribution in [2.24, 2.45) is 0 Å². The molecule has 2 amide bonds. The fraction of sp³-hybridized carbons (Fsp3) is 0.520. The number of nitrogens with one attached hydrogen (secondary N) is 2. The van der Waals surface area contributed by atoms with Gasteiger partial charge in [0.25, 0.3) is 11.8 Å². The molecule has 0 saturated carbocycles. The van der Waals surface area contributed by atoms with Gasteiger partial charge in [-0.2, -0.15) is 0 Å². The molecular formula is C50H68BBrN2O8S2. The van der Waals surface area contributed by atoms with Crippen LogP contribution in [0.1, 0.15) is 151 Å². The molecule has 0 bridgehead atoms. The maximum Gasteiger partial charge on any atom is 0.494 e. The molecule has 1 saturated heterocycles. The van der Waals surface area contributed by atoms with E-state index >= 15 is 0 Å². The van der Waals surface area contributed by atoms with E-state index in [1.165, 1.54) is 22.7 Å². The average molecular weight is 980 g/mol. The van der Waals surface area contributed by atoms with Crippen LogP contribution in [0.15, 0.2) is 77.3 Å². The van der Waals surface area contributed by atoms with Crippen molar-refractivity contribution >= 4 is 74.9 Å². The molecule has 1 aliphatic heterocycles. The molecule has 0 unspecified atom stereocenters. The predicted octanol–water partition coefficient (Wildman–Crippen LogP) is 10.5. The topological polar surface area (TPSA) is 129 Å². The van der Waals surface area contributed by atoms with Gasteiger partial charge < -0.3 is 29.4 Å². The Hall–Kier alpha value is -3.82. The van der Waals surface area contributed by atoms with Gasteiger partial charge in [-0.05, 0) is 133 Å². The number of thiophene rings is 2. The number of halogens is 1. The number of carbonyl (C=O) groups is 4. The van der Waals surface area contributed by atoms with E-state index in [1.807, 2.05) is 142 Å². The first kappa shape index (κ1) is 52.8. The summed E-state index contributed by atoms with van der Waals surface area (Å²) < 4.78 is 24.4. The van der Waals surface area contributed by atoms with Gasteiger partial charge in [-0.3, -0.25) is 9.59 Å². The minimum atomic E-state index is -0.820. The number of rotatable bonds is 11. The molecule has 4 aromatic rings. The van der Waals surface area contributed by atoms with Gasteiger partial charge in [-0.25, -0.2) is 9.59 Å². The maximum absolute atomic E-state index is 13.1. The van der Waals surface area contributed by atoms with Crippen molar-refractivity contribution in [3.05, 3.63) is 108 Å². The number of esters is 2. The van der Waals surface area contributed by atoms with Crippen molar-refractivity contribution in [3.63, 3.8) is 0 Å². The van der Waals surface area contributed by atoms with Crippen molar-refractivity contribution < 1.29 is 38.0 Å². The van der Waals surface area contributed by atoms with E-state index in [0.29, 0.717) is 22.6 Å². The Morgan fingerprint density at radius 3 is 1.23 bits per heavy atom. The molecule has 5 rings (SSSR count). The largest absolute Gasteiger partial charge is 0.494 e. The third-order valence-electron chi connectivity index (χ3n) is 10.4. The van der Waals surface area contributed by atoms with Gasteiger partial charge in [0, 0.05) is 27.1 Å². The van der Waals surface area contributed by atoms with Crippen molar-refractivity contribution in [1.29, 1.82) is 0 Å². The second-order valence-electron chi connectivity index (χ2n) is 21.3. The first-order chi connectivity index (χ1) is 29.2. The molecule has 1 fully saturated rings. The Kier molecular flexibility index (Phi) is 16.8. The van der Waals surface area contributed by atoms with Crippen molar-refractivity contribution in [3.8, 4) is 0 Å². The van der Waals surface area contributed by atoms with Crippen molar-refractivity contribution in [2.45, 2.75) is 169 Å². The van der Waals surface area contributed by atoms with Gasteiger partial charge in [-0.1, -0.05) is 93.9 Å². The van der Waals surface area contributed by atoms with E-state index in [-0.39, 0.29) is 22.6 Å². The fourth-order valence-corrected chi connectivity index (χ4v) is 8.40. The van der Waals surface area contributed by atoms with Gasteiger partial charge >= 0.3 is 19.1 Å². The molecule has 2 aromatic heterocycles. The number of benzene rings is 2. The van der Waals surface area contributed by atoms with Crippen LogP contribution in [0.25, 0.3) is 0 Å². The smallest absolute Gasteiger partial charge is 0.458 e. The number of carbonyl (C=O) groups excluding carboxylic acids is 4. The first-order valence-electron chi connectivity index (χ1n) is 21.7. The second kappa shape index (κ2) is 20.4. The lowest BCUT2D eigenvalue weighted by Gasteiger charge is -2.32. The molecule has 0 radical (unpaired) electrons. The van der Waals surface area contributed by atoms with Crippen LogP contribution in [0.5, 0.6) is 0 Å². The Bertz CT molecular complexity index is 2220. The molecule has 0 spiro atoms. The van der Waals surface area contributed by atoms with Crippen LogP contribution in [0, 0.1) is 0 Å². The average Bonchev–Trinajstić information content (AvgIpc) is 3.90. The third-order valence-corrected chi connectivity index (χ3v) is 14.0. The van der Waals surface area contributed by atoms with Gasteiger partial charge in [0.15, 0.2) is 0 Å². The van der Waals surface area contributed by atoms with Gasteiger partial charge in [0.2, 0.25) is 0 Å². The predicted molar refractivity (Wildman–Crippen MR) is 264 cm³/mol. The molecule has 2 aromatic carbocycles. The van der Waals surface area contributed by atoms with Crippen molar-refractivity contribution in [2.75, 3.05) is 0 Å². The SMILES string of the molecule is CC(C)(C)OC(=O)[C@H](Cc1ccc(B2OC(C)(C)C(C)(C)O2)cc1)NC(=O)c1ccc(C(C)(C)C)s1.CC(C)(C)OC(=O)[C@H](Cc1ccc(Br)cc1)NC(=O)c1ccc(C(C)(C)C)s1. The summed E-state index contributed by atoms with van der Waals surface area (Å²) in [6.45, 7) is 31.6. The summed E-state index contributed by atoms with van der Waals surface area (Å²) in [6.07, 6.45) is 0.674. The minimum absolute atomic E-state index is 0.0226. The van der Waals surface area contributed by atoms with Crippen molar-refractivity contribution in [1.82, 2.24) is 10.6 Å². The third kappa shape index (κ3) is 15.4. The van der Waals surface area contributed by atoms with Crippen LogP contribution in [-0.4, -0.2) is 65.4 Å². The lowest BCUT2D eigenvalue weighted by Crippen LogP contribution is -2.45. The Morgan fingerprint density at radius 2 is 0.922 bits per heavy atom. The summed E-state index contributed by atoms with van der Waals surface area (Å²) in [4.78, 5) is 55.0. The zero-order valence-corrected chi connectivity index (χ0v) is 43.8. The monoisotopic (exact) mass is 978 g/mol. The highest BCUT2D eigenvalue weighted by molar-refractivity contribution is 9.10. The summed E-state index contributed by atoms with van der Waals surface area (Å²) in [5, 5.41) is 5.78. The van der Waals surface area contributed by atoms with Crippen LogP contribution >= 0.6 is 38.6 Å². The number of hydrogen-bond donors (Lipinski definition) is 2.